The fourth-order valence-electron chi connectivity index (χ4n) is 3.81. The van der Waals surface area contributed by atoms with Crippen LogP contribution in [-0.2, 0) is 11.3 Å². The Labute approximate surface area is 125 Å². The molecule has 21 heavy (non-hydrogen) atoms. The van der Waals surface area contributed by atoms with Gasteiger partial charge in [-0.3, -0.25) is 4.90 Å². The molecule has 2 aliphatic rings. The van der Waals surface area contributed by atoms with Crippen LogP contribution in [0.4, 0.5) is 4.39 Å². The van der Waals surface area contributed by atoms with Gasteiger partial charge in [0.25, 0.3) is 0 Å². The molecule has 0 radical (unpaired) electrons. The molecule has 2 unspecified atom stereocenters. The van der Waals surface area contributed by atoms with E-state index in [1.165, 1.54) is 6.07 Å². The number of ether oxygens (including phenoxy) is 1. The maximum atomic E-state index is 13.7. The van der Waals surface area contributed by atoms with Crippen molar-refractivity contribution < 1.29 is 14.2 Å². The second-order valence-corrected chi connectivity index (χ2v) is 6.30. The molecule has 0 bridgehead atoms. The Morgan fingerprint density at radius 3 is 2.67 bits per heavy atom. The van der Waals surface area contributed by atoms with Crippen LogP contribution in [0.15, 0.2) is 24.3 Å². The fraction of sp³-hybridized carbons (Fsp3) is 0.647. The summed E-state index contributed by atoms with van der Waals surface area (Å²) in [5.41, 5.74) is 0.700. The third-order valence-corrected chi connectivity index (χ3v) is 5.25. The van der Waals surface area contributed by atoms with E-state index in [2.05, 4.69) is 4.90 Å². The van der Waals surface area contributed by atoms with Crippen molar-refractivity contribution in [3.05, 3.63) is 35.6 Å². The van der Waals surface area contributed by atoms with E-state index in [9.17, 15) is 9.50 Å². The number of hydrogen-bond donors (Lipinski definition) is 1. The zero-order chi connectivity index (χ0) is 14.9. The first-order chi connectivity index (χ1) is 10.2. The number of aliphatic hydroxyl groups is 1. The number of aliphatic hydroxyl groups excluding tert-OH is 1. The fourth-order valence-corrected chi connectivity index (χ4v) is 3.81. The Morgan fingerprint density at radius 1 is 1.33 bits per heavy atom. The zero-order valence-corrected chi connectivity index (χ0v) is 12.6. The van der Waals surface area contributed by atoms with Gasteiger partial charge in [0.15, 0.2) is 0 Å². The molecule has 2 atom stereocenters. The van der Waals surface area contributed by atoms with Gasteiger partial charge >= 0.3 is 0 Å². The lowest BCUT2D eigenvalue weighted by molar-refractivity contribution is -0.209. The molecule has 1 spiro atoms. The van der Waals surface area contributed by atoms with Crippen LogP contribution in [-0.4, -0.2) is 41.9 Å². The minimum Gasteiger partial charge on any atom is -0.392 e. The van der Waals surface area contributed by atoms with Gasteiger partial charge in [0.2, 0.25) is 0 Å². The molecule has 3 rings (SSSR count). The molecule has 0 aromatic heterocycles. The molecule has 3 nitrogen and oxygen atoms in total. The first kappa shape index (κ1) is 14.9. The van der Waals surface area contributed by atoms with E-state index in [4.69, 9.17) is 4.74 Å². The van der Waals surface area contributed by atoms with Crippen molar-refractivity contribution in [2.45, 2.75) is 44.9 Å². The zero-order valence-electron chi connectivity index (χ0n) is 12.6. The maximum Gasteiger partial charge on any atom is 0.127 e. The molecule has 1 aliphatic carbocycles. The van der Waals surface area contributed by atoms with Gasteiger partial charge in [-0.25, -0.2) is 4.39 Å². The minimum atomic E-state index is -0.232. The quantitative estimate of drug-likeness (QED) is 0.926. The molecule has 2 fully saturated rings. The van der Waals surface area contributed by atoms with E-state index in [0.717, 1.165) is 37.9 Å². The van der Waals surface area contributed by atoms with Crippen molar-refractivity contribution >= 4 is 0 Å². The number of likely N-dealkylation sites (tertiary alicyclic amines) is 1. The summed E-state index contributed by atoms with van der Waals surface area (Å²) in [6, 6.07) is 6.97. The Kier molecular flexibility index (Phi) is 4.29. The van der Waals surface area contributed by atoms with E-state index in [1.807, 2.05) is 19.1 Å². The van der Waals surface area contributed by atoms with Gasteiger partial charge in [0.05, 0.1) is 12.2 Å². The maximum absolute atomic E-state index is 13.7. The lowest BCUT2D eigenvalue weighted by Gasteiger charge is -2.56. The molecule has 1 N–H and O–H groups in total. The smallest absolute Gasteiger partial charge is 0.127 e. The number of hydrogen-bond acceptors (Lipinski definition) is 3. The van der Waals surface area contributed by atoms with E-state index < -0.39 is 0 Å². The summed E-state index contributed by atoms with van der Waals surface area (Å²) < 4.78 is 19.5. The van der Waals surface area contributed by atoms with Gasteiger partial charge in [0.1, 0.15) is 5.82 Å². The summed E-state index contributed by atoms with van der Waals surface area (Å²) in [5, 5.41) is 10.2. The van der Waals surface area contributed by atoms with Crippen LogP contribution in [0.5, 0.6) is 0 Å². The molecule has 1 aliphatic heterocycles. The second-order valence-electron chi connectivity index (χ2n) is 6.30. The van der Waals surface area contributed by atoms with Crippen molar-refractivity contribution in [3.63, 3.8) is 0 Å². The average molecular weight is 293 g/mol. The van der Waals surface area contributed by atoms with Crippen molar-refractivity contribution in [3.8, 4) is 0 Å². The first-order valence-electron chi connectivity index (χ1n) is 7.91. The standard InChI is InChI=1S/C17H24FNO2/c1-2-21-16-11-15(20)17(16)7-9-19(10-8-17)12-13-5-3-4-6-14(13)18/h3-6,15-16,20H,2,7-12H2,1H3. The topological polar surface area (TPSA) is 32.7 Å². The van der Waals surface area contributed by atoms with Crippen LogP contribution in [0, 0.1) is 11.2 Å². The third-order valence-electron chi connectivity index (χ3n) is 5.25. The van der Waals surface area contributed by atoms with E-state index in [0.29, 0.717) is 13.2 Å². The number of rotatable bonds is 4. The molecule has 0 amide bonds. The molecule has 1 aromatic carbocycles. The van der Waals surface area contributed by atoms with Crippen molar-refractivity contribution in [2.24, 2.45) is 5.41 Å². The molecule has 1 heterocycles. The summed E-state index contributed by atoms with van der Waals surface area (Å²) in [6.45, 7) is 5.16. The summed E-state index contributed by atoms with van der Waals surface area (Å²) >= 11 is 0. The number of piperidine rings is 1. The van der Waals surface area contributed by atoms with Crippen molar-refractivity contribution in [1.29, 1.82) is 0 Å². The Balaban J connectivity index is 1.59. The highest BCUT2D eigenvalue weighted by Gasteiger charge is 2.55. The van der Waals surface area contributed by atoms with Crippen LogP contribution in [0.1, 0.15) is 31.7 Å². The van der Waals surface area contributed by atoms with Crippen LogP contribution < -0.4 is 0 Å². The highest BCUT2D eigenvalue weighted by Crippen LogP contribution is 2.51. The summed E-state index contributed by atoms with van der Waals surface area (Å²) in [7, 11) is 0. The van der Waals surface area contributed by atoms with E-state index in [-0.39, 0.29) is 23.4 Å². The predicted octanol–water partition coefficient (Wildman–Crippen LogP) is 2.58. The second kappa shape index (κ2) is 6.03. The largest absolute Gasteiger partial charge is 0.392 e. The summed E-state index contributed by atoms with van der Waals surface area (Å²) in [5.74, 6) is -0.131. The molecular formula is C17H24FNO2. The summed E-state index contributed by atoms with van der Waals surface area (Å²) in [4.78, 5) is 2.28. The number of benzene rings is 1. The first-order valence-corrected chi connectivity index (χ1v) is 7.91. The highest BCUT2D eigenvalue weighted by molar-refractivity contribution is 5.17. The van der Waals surface area contributed by atoms with Gasteiger partial charge in [-0.05, 0) is 38.9 Å². The van der Waals surface area contributed by atoms with Gasteiger partial charge < -0.3 is 9.84 Å². The van der Waals surface area contributed by atoms with E-state index >= 15 is 0 Å². The third kappa shape index (κ3) is 2.72. The van der Waals surface area contributed by atoms with Gasteiger partial charge in [-0.2, -0.15) is 0 Å². The normalized spacial score (nSPS) is 28.5. The van der Waals surface area contributed by atoms with Crippen LogP contribution in [0.25, 0.3) is 0 Å². The highest BCUT2D eigenvalue weighted by atomic mass is 19.1. The Morgan fingerprint density at radius 2 is 2.05 bits per heavy atom. The predicted molar refractivity (Wildman–Crippen MR) is 79.4 cm³/mol. The van der Waals surface area contributed by atoms with Gasteiger partial charge in [-0.1, -0.05) is 18.2 Å². The molecule has 116 valence electrons. The average Bonchev–Trinajstić information content (AvgIpc) is 2.50. The lowest BCUT2D eigenvalue weighted by Crippen LogP contribution is -2.62. The Hall–Kier alpha value is -0.970. The monoisotopic (exact) mass is 293 g/mol. The molecule has 1 aromatic rings. The molecule has 1 saturated carbocycles. The van der Waals surface area contributed by atoms with Crippen molar-refractivity contribution in [1.82, 2.24) is 4.90 Å². The van der Waals surface area contributed by atoms with Crippen LogP contribution in [0.2, 0.25) is 0 Å². The van der Waals surface area contributed by atoms with E-state index in [1.54, 1.807) is 6.07 Å². The molecule has 1 saturated heterocycles. The van der Waals surface area contributed by atoms with Crippen LogP contribution >= 0.6 is 0 Å². The van der Waals surface area contributed by atoms with Gasteiger partial charge in [-0.15, -0.1) is 0 Å². The lowest BCUT2D eigenvalue weighted by atomic mass is 9.58. The SMILES string of the molecule is CCOC1CC(O)C12CCN(Cc1ccccc1F)CC2. The summed E-state index contributed by atoms with van der Waals surface area (Å²) in [6.07, 6.45) is 2.61. The van der Waals surface area contributed by atoms with Crippen molar-refractivity contribution in [2.75, 3.05) is 19.7 Å². The Bertz CT molecular complexity index is 483. The van der Waals surface area contributed by atoms with Crippen LogP contribution in [0.3, 0.4) is 0 Å². The van der Waals surface area contributed by atoms with Gasteiger partial charge in [0, 0.05) is 30.6 Å². The number of halogens is 1. The number of nitrogens with zero attached hydrogens (tertiary/aromatic N) is 1. The minimum absolute atomic E-state index is 0.0538. The molecule has 4 heteroatoms. The molecular weight excluding hydrogens is 269 g/mol.